The Morgan fingerprint density at radius 3 is 2.77 bits per heavy atom. The predicted octanol–water partition coefficient (Wildman–Crippen LogP) is 4.74. The van der Waals surface area contributed by atoms with E-state index in [1.54, 1.807) is 11.8 Å². The molecule has 2 amide bonds. The van der Waals surface area contributed by atoms with Gasteiger partial charge in [0.05, 0.1) is 4.91 Å². The van der Waals surface area contributed by atoms with E-state index in [9.17, 15) is 9.59 Å². The molecule has 156 valence electrons. The summed E-state index contributed by atoms with van der Waals surface area (Å²) < 4.78 is 0. The van der Waals surface area contributed by atoms with Crippen LogP contribution in [0.1, 0.15) is 30.4 Å². The van der Waals surface area contributed by atoms with Crippen LogP contribution in [-0.2, 0) is 16.1 Å². The topological polar surface area (TPSA) is 49.4 Å². The fraction of sp³-hybridized carbons (Fsp3) is 0.333. The third-order valence-corrected chi connectivity index (χ3v) is 7.52. The molecule has 6 heteroatoms. The van der Waals surface area contributed by atoms with Crippen LogP contribution >= 0.6 is 23.4 Å². The third kappa shape index (κ3) is 4.73. The monoisotopic (exact) mass is 440 g/mol. The Labute approximate surface area is 186 Å². The number of nitrogens with zero attached hydrogens (tertiary/aromatic N) is 1. The average molecular weight is 441 g/mol. The van der Waals surface area contributed by atoms with Crippen LogP contribution < -0.4 is 5.32 Å². The van der Waals surface area contributed by atoms with Gasteiger partial charge < -0.3 is 10.2 Å². The number of benzene rings is 2. The van der Waals surface area contributed by atoms with Crippen LogP contribution in [0.3, 0.4) is 0 Å². The van der Waals surface area contributed by atoms with E-state index in [2.05, 4.69) is 5.32 Å². The lowest BCUT2D eigenvalue weighted by Crippen LogP contribution is -2.52. The molecule has 4 nitrogen and oxygen atoms in total. The zero-order valence-electron chi connectivity index (χ0n) is 16.9. The Morgan fingerprint density at radius 2 is 2.00 bits per heavy atom. The molecule has 1 saturated carbocycles. The summed E-state index contributed by atoms with van der Waals surface area (Å²) in [6.07, 6.45) is 4.40. The van der Waals surface area contributed by atoms with Gasteiger partial charge in [0, 0.05) is 35.8 Å². The van der Waals surface area contributed by atoms with Gasteiger partial charge in [-0.05, 0) is 48.6 Å². The Kier molecular flexibility index (Phi) is 6.49. The molecule has 0 bridgehead atoms. The van der Waals surface area contributed by atoms with Crippen LogP contribution in [0.4, 0.5) is 0 Å². The fourth-order valence-electron chi connectivity index (χ4n) is 4.21. The molecule has 3 unspecified atom stereocenters. The Morgan fingerprint density at radius 1 is 1.20 bits per heavy atom. The average Bonchev–Trinajstić information content (AvgIpc) is 2.76. The Hall–Kier alpha value is -2.24. The number of carbonyl (C=O) groups is 2. The van der Waals surface area contributed by atoms with Crippen molar-refractivity contribution in [3.63, 3.8) is 0 Å². The first-order chi connectivity index (χ1) is 14.5. The van der Waals surface area contributed by atoms with Crippen LogP contribution in [-0.4, -0.2) is 35.1 Å². The molecule has 1 aliphatic heterocycles. The smallest absolute Gasteiger partial charge is 0.260 e. The first-order valence-corrected chi connectivity index (χ1v) is 11.5. The van der Waals surface area contributed by atoms with Gasteiger partial charge in [0.15, 0.2) is 0 Å². The summed E-state index contributed by atoms with van der Waals surface area (Å²) in [6, 6.07) is 17.5. The summed E-state index contributed by atoms with van der Waals surface area (Å²) in [5, 5.41) is 4.04. The number of amides is 2. The molecule has 1 saturated heterocycles. The van der Waals surface area contributed by atoms with Gasteiger partial charge in [-0.1, -0.05) is 54.1 Å². The molecule has 1 aliphatic carbocycles. The van der Waals surface area contributed by atoms with Crippen molar-refractivity contribution in [3.05, 3.63) is 75.7 Å². The predicted molar refractivity (Wildman–Crippen MR) is 123 cm³/mol. The lowest BCUT2D eigenvalue weighted by molar-refractivity contribution is -0.132. The molecule has 0 spiro atoms. The van der Waals surface area contributed by atoms with E-state index >= 15 is 0 Å². The summed E-state index contributed by atoms with van der Waals surface area (Å²) in [5.74, 6) is 0.0549. The largest absolute Gasteiger partial charge is 0.352 e. The quantitative estimate of drug-likeness (QED) is 0.698. The van der Waals surface area contributed by atoms with Crippen molar-refractivity contribution in [3.8, 4) is 0 Å². The van der Waals surface area contributed by atoms with Crippen molar-refractivity contribution < 1.29 is 9.59 Å². The second kappa shape index (κ2) is 9.27. The maximum absolute atomic E-state index is 13.0. The number of halogens is 1. The number of carbonyl (C=O) groups excluding carboxylic acids is 2. The number of fused-ring (bicyclic) bond motifs is 1. The summed E-state index contributed by atoms with van der Waals surface area (Å²) in [5.41, 5.74) is 2.02. The van der Waals surface area contributed by atoms with E-state index in [1.807, 2.05) is 72.6 Å². The first-order valence-electron chi connectivity index (χ1n) is 10.2. The number of hydrogen-bond donors (Lipinski definition) is 1. The summed E-state index contributed by atoms with van der Waals surface area (Å²) in [4.78, 5) is 28.3. The molecule has 2 fully saturated rings. The van der Waals surface area contributed by atoms with E-state index in [-0.39, 0.29) is 23.8 Å². The third-order valence-electron chi connectivity index (χ3n) is 5.89. The Bertz CT molecular complexity index is 963. The van der Waals surface area contributed by atoms with Gasteiger partial charge in [0.25, 0.3) is 5.91 Å². The molecular weight excluding hydrogens is 416 g/mol. The van der Waals surface area contributed by atoms with Gasteiger partial charge in [-0.15, -0.1) is 11.8 Å². The highest BCUT2D eigenvalue weighted by Gasteiger charge is 2.42. The minimum absolute atomic E-state index is 0.0200. The van der Waals surface area contributed by atoms with Crippen molar-refractivity contribution >= 4 is 41.3 Å². The van der Waals surface area contributed by atoms with E-state index < -0.39 is 0 Å². The molecule has 3 atom stereocenters. The lowest BCUT2D eigenvalue weighted by Gasteiger charge is -2.44. The summed E-state index contributed by atoms with van der Waals surface area (Å²) in [7, 11) is 1.86. The number of nitrogens with one attached hydrogen (secondary N) is 1. The van der Waals surface area contributed by atoms with Crippen LogP contribution in [0.5, 0.6) is 0 Å². The van der Waals surface area contributed by atoms with Crippen molar-refractivity contribution in [1.82, 2.24) is 10.2 Å². The molecule has 4 rings (SSSR count). The van der Waals surface area contributed by atoms with Gasteiger partial charge in [-0.2, -0.15) is 0 Å². The Balaban J connectivity index is 1.40. The number of likely N-dealkylation sites (N-methyl/N-ethyl adjacent to an activating group) is 1. The highest BCUT2D eigenvalue weighted by Crippen LogP contribution is 2.43. The van der Waals surface area contributed by atoms with Gasteiger partial charge in [-0.25, -0.2) is 0 Å². The van der Waals surface area contributed by atoms with Crippen molar-refractivity contribution in [1.29, 1.82) is 0 Å². The van der Waals surface area contributed by atoms with Crippen molar-refractivity contribution in [2.24, 2.45) is 5.92 Å². The minimum Gasteiger partial charge on any atom is -0.352 e. The van der Waals surface area contributed by atoms with Gasteiger partial charge >= 0.3 is 0 Å². The summed E-state index contributed by atoms with van der Waals surface area (Å²) >= 11 is 7.73. The molecule has 1 N–H and O–H groups in total. The molecule has 0 aromatic heterocycles. The molecule has 0 radical (unpaired) electrons. The highest BCUT2D eigenvalue weighted by atomic mass is 35.5. The fourth-order valence-corrected chi connectivity index (χ4v) is 5.89. The lowest BCUT2D eigenvalue weighted by atomic mass is 9.83. The maximum Gasteiger partial charge on any atom is 0.260 e. The number of rotatable bonds is 4. The maximum atomic E-state index is 13.0. The van der Waals surface area contributed by atoms with Crippen LogP contribution in [0.15, 0.2) is 59.5 Å². The van der Waals surface area contributed by atoms with Crippen LogP contribution in [0.25, 0.3) is 6.08 Å². The van der Waals surface area contributed by atoms with Crippen LogP contribution in [0, 0.1) is 5.92 Å². The van der Waals surface area contributed by atoms with Gasteiger partial charge in [0.2, 0.25) is 5.91 Å². The zero-order chi connectivity index (χ0) is 21.1. The molecule has 30 heavy (non-hydrogen) atoms. The highest BCUT2D eigenvalue weighted by molar-refractivity contribution is 8.04. The summed E-state index contributed by atoms with van der Waals surface area (Å²) in [6.45, 7) is 0.542. The second-order valence-electron chi connectivity index (χ2n) is 7.92. The van der Waals surface area contributed by atoms with Gasteiger partial charge in [0.1, 0.15) is 0 Å². The van der Waals surface area contributed by atoms with E-state index in [1.165, 1.54) is 0 Å². The molecule has 1 heterocycles. The van der Waals surface area contributed by atoms with Gasteiger partial charge in [-0.3, -0.25) is 9.59 Å². The molecule has 2 aromatic rings. The molecular formula is C24H25ClN2O2S. The first kappa shape index (κ1) is 21.0. The standard InChI is InChI=1S/C24H25ClN2O2S/c1-27-20-14-18(23(28)26-15-16-6-3-2-4-7-16)10-11-21(20)30-22(24(27)29)13-17-8-5-9-19(25)12-17/h2-9,12-13,18,20-21H,10-11,14-15H2,1H3,(H,26,28)/b22-13-. The number of thioether (sulfide) groups is 1. The zero-order valence-corrected chi connectivity index (χ0v) is 18.5. The van der Waals surface area contributed by atoms with Crippen molar-refractivity contribution in [2.45, 2.75) is 37.1 Å². The van der Waals surface area contributed by atoms with E-state index in [0.717, 1.165) is 28.9 Å². The van der Waals surface area contributed by atoms with Crippen LogP contribution in [0.2, 0.25) is 5.02 Å². The second-order valence-corrected chi connectivity index (χ2v) is 9.63. The normalized spacial score (nSPS) is 25.1. The SMILES string of the molecule is CN1C(=O)/C(=C/c2cccc(Cl)c2)SC2CCC(C(=O)NCc3ccccc3)CC21. The number of hydrogen-bond acceptors (Lipinski definition) is 3. The minimum atomic E-state index is -0.0516. The molecule has 2 aliphatic rings. The molecule has 2 aromatic carbocycles. The van der Waals surface area contributed by atoms with Crippen molar-refractivity contribution in [2.75, 3.05) is 7.05 Å². The van der Waals surface area contributed by atoms with E-state index in [0.29, 0.717) is 23.2 Å². The van der Waals surface area contributed by atoms with E-state index in [4.69, 9.17) is 11.6 Å².